The van der Waals surface area contributed by atoms with Gasteiger partial charge in [0.1, 0.15) is 11.4 Å². The van der Waals surface area contributed by atoms with E-state index in [4.69, 9.17) is 0 Å². The third-order valence-corrected chi connectivity index (χ3v) is 5.60. The normalized spacial score (nSPS) is 13.6. The first-order chi connectivity index (χ1) is 12.1. The fourth-order valence-corrected chi connectivity index (χ4v) is 4.30. The van der Waals surface area contributed by atoms with E-state index in [9.17, 15) is 14.0 Å². The van der Waals surface area contributed by atoms with Crippen molar-refractivity contribution in [2.45, 2.75) is 32.2 Å². The van der Waals surface area contributed by atoms with Crippen molar-refractivity contribution in [3.8, 4) is 0 Å². The Morgan fingerprint density at radius 2 is 2.08 bits per heavy atom. The summed E-state index contributed by atoms with van der Waals surface area (Å²) >= 11 is 1.52. The molecular formula is C18H16FN3O2S. The van der Waals surface area contributed by atoms with Crippen LogP contribution in [0.5, 0.6) is 0 Å². The molecule has 0 atom stereocenters. The van der Waals surface area contributed by atoms with Crippen molar-refractivity contribution in [3.63, 3.8) is 0 Å². The van der Waals surface area contributed by atoms with Crippen LogP contribution in [0.25, 0.3) is 4.96 Å². The average molecular weight is 357 g/mol. The van der Waals surface area contributed by atoms with Gasteiger partial charge in [-0.2, -0.15) is 0 Å². The Bertz CT molecular complexity index is 1020. The highest BCUT2D eigenvalue weighted by atomic mass is 32.1. The third-order valence-electron chi connectivity index (χ3n) is 4.44. The summed E-state index contributed by atoms with van der Waals surface area (Å²) in [6.07, 6.45) is 5.25. The summed E-state index contributed by atoms with van der Waals surface area (Å²) in [4.78, 5) is 31.3. The third kappa shape index (κ3) is 2.84. The van der Waals surface area contributed by atoms with E-state index >= 15 is 0 Å². The van der Waals surface area contributed by atoms with Crippen molar-refractivity contribution in [3.05, 3.63) is 68.3 Å². The molecule has 5 nitrogen and oxygen atoms in total. The molecule has 128 valence electrons. The van der Waals surface area contributed by atoms with Gasteiger partial charge in [0, 0.05) is 28.9 Å². The first kappa shape index (κ1) is 16.0. The van der Waals surface area contributed by atoms with Crippen LogP contribution < -0.4 is 10.9 Å². The van der Waals surface area contributed by atoms with Crippen LogP contribution in [0.1, 0.15) is 39.3 Å². The monoisotopic (exact) mass is 357 g/mol. The van der Waals surface area contributed by atoms with Crippen molar-refractivity contribution >= 4 is 22.2 Å². The molecule has 25 heavy (non-hydrogen) atoms. The van der Waals surface area contributed by atoms with Gasteiger partial charge in [-0.05, 0) is 31.7 Å². The van der Waals surface area contributed by atoms with E-state index in [2.05, 4.69) is 10.3 Å². The predicted molar refractivity (Wildman–Crippen MR) is 93.6 cm³/mol. The number of nitrogens with zero attached hydrogens (tertiary/aromatic N) is 2. The van der Waals surface area contributed by atoms with E-state index in [1.54, 1.807) is 22.6 Å². The number of benzene rings is 1. The molecule has 0 fully saturated rings. The van der Waals surface area contributed by atoms with Gasteiger partial charge in [-0.1, -0.05) is 18.2 Å². The Labute approximate surface area is 147 Å². The van der Waals surface area contributed by atoms with Gasteiger partial charge in [-0.25, -0.2) is 9.37 Å². The molecule has 1 amide bonds. The zero-order valence-corrected chi connectivity index (χ0v) is 14.2. The zero-order valence-electron chi connectivity index (χ0n) is 13.4. The van der Waals surface area contributed by atoms with Crippen LogP contribution in [0.15, 0.2) is 35.3 Å². The van der Waals surface area contributed by atoms with Crippen LogP contribution in [-0.2, 0) is 19.4 Å². The summed E-state index contributed by atoms with van der Waals surface area (Å²) < 4.78 is 15.2. The van der Waals surface area contributed by atoms with Crippen LogP contribution in [0.4, 0.5) is 4.39 Å². The maximum atomic E-state index is 13.6. The zero-order chi connectivity index (χ0) is 17.4. The molecule has 1 aliphatic carbocycles. The summed E-state index contributed by atoms with van der Waals surface area (Å²) in [5, 5.41) is 2.60. The lowest BCUT2D eigenvalue weighted by Gasteiger charge is -2.10. The molecule has 3 aromatic rings. The fourth-order valence-electron chi connectivity index (χ4n) is 3.14. The number of aryl methyl sites for hydroxylation is 2. The van der Waals surface area contributed by atoms with Gasteiger partial charge >= 0.3 is 0 Å². The van der Waals surface area contributed by atoms with Crippen LogP contribution in [0.2, 0.25) is 0 Å². The first-order valence-electron chi connectivity index (χ1n) is 8.19. The molecule has 1 aromatic carbocycles. The van der Waals surface area contributed by atoms with Crippen molar-refractivity contribution in [2.24, 2.45) is 0 Å². The number of aromatic nitrogens is 2. The van der Waals surface area contributed by atoms with Gasteiger partial charge in [0.2, 0.25) is 0 Å². The van der Waals surface area contributed by atoms with E-state index in [0.29, 0.717) is 10.5 Å². The van der Waals surface area contributed by atoms with E-state index in [1.165, 1.54) is 28.5 Å². The van der Waals surface area contributed by atoms with E-state index in [-0.39, 0.29) is 23.5 Å². The molecule has 0 unspecified atom stereocenters. The molecule has 2 heterocycles. The highest BCUT2D eigenvalue weighted by Crippen LogP contribution is 2.28. The number of carbonyl (C=O) groups excluding carboxylic acids is 1. The summed E-state index contributed by atoms with van der Waals surface area (Å²) in [6, 6.07) is 6.22. The van der Waals surface area contributed by atoms with Crippen LogP contribution in [0, 0.1) is 5.82 Å². The maximum absolute atomic E-state index is 13.6. The van der Waals surface area contributed by atoms with Crippen LogP contribution in [-0.4, -0.2) is 15.3 Å². The largest absolute Gasteiger partial charge is 0.348 e. The number of hydrogen-bond acceptors (Lipinski definition) is 4. The van der Waals surface area contributed by atoms with Gasteiger partial charge in [0.15, 0.2) is 4.96 Å². The summed E-state index contributed by atoms with van der Waals surface area (Å²) in [5.74, 6) is -0.925. The summed E-state index contributed by atoms with van der Waals surface area (Å²) in [5.41, 5.74) is 0.987. The summed E-state index contributed by atoms with van der Waals surface area (Å²) in [6.45, 7) is 0.0232. The van der Waals surface area contributed by atoms with Crippen molar-refractivity contribution in [2.75, 3.05) is 0 Å². The predicted octanol–water partition coefficient (Wildman–Crippen LogP) is 2.70. The number of halogens is 1. The second-order valence-electron chi connectivity index (χ2n) is 6.05. The molecule has 0 radical (unpaired) electrons. The van der Waals surface area contributed by atoms with Gasteiger partial charge < -0.3 is 5.32 Å². The Balaban J connectivity index is 1.65. The lowest BCUT2D eigenvalue weighted by molar-refractivity contribution is 0.0948. The van der Waals surface area contributed by atoms with Gasteiger partial charge in [0.25, 0.3) is 11.5 Å². The van der Waals surface area contributed by atoms with Gasteiger partial charge in [0.05, 0.1) is 0 Å². The fraction of sp³-hybridized carbons (Fsp3) is 0.278. The molecule has 4 rings (SSSR count). The second kappa shape index (κ2) is 6.40. The van der Waals surface area contributed by atoms with Crippen LogP contribution in [0.3, 0.4) is 0 Å². The lowest BCUT2D eigenvalue weighted by Crippen LogP contribution is -2.32. The minimum absolute atomic E-state index is 0.0139. The number of amides is 1. The molecule has 1 N–H and O–H groups in total. The molecule has 0 spiro atoms. The SMILES string of the molecule is O=C(NCc1ccccc1F)c1cnc2sc3c(n2c1=O)CCCC3. The van der Waals surface area contributed by atoms with E-state index in [1.807, 2.05) is 0 Å². The van der Waals surface area contributed by atoms with Gasteiger partial charge in [-0.3, -0.25) is 14.0 Å². The topological polar surface area (TPSA) is 63.5 Å². The number of rotatable bonds is 3. The Hall–Kier alpha value is -2.54. The Morgan fingerprint density at radius 1 is 1.28 bits per heavy atom. The molecule has 0 bridgehead atoms. The lowest BCUT2D eigenvalue weighted by atomic mass is 10.0. The minimum atomic E-state index is -0.536. The molecule has 2 aromatic heterocycles. The number of thiazole rings is 1. The Kier molecular flexibility index (Phi) is 4.09. The maximum Gasteiger partial charge on any atom is 0.271 e. The van der Waals surface area contributed by atoms with E-state index < -0.39 is 5.91 Å². The van der Waals surface area contributed by atoms with Crippen LogP contribution >= 0.6 is 11.3 Å². The number of nitrogens with one attached hydrogen (secondary N) is 1. The highest BCUT2D eigenvalue weighted by molar-refractivity contribution is 7.17. The molecule has 0 saturated carbocycles. The molecule has 0 saturated heterocycles. The number of fused-ring (bicyclic) bond motifs is 3. The Morgan fingerprint density at radius 3 is 2.92 bits per heavy atom. The number of carbonyl (C=O) groups is 1. The first-order valence-corrected chi connectivity index (χ1v) is 9.00. The molecule has 7 heteroatoms. The highest BCUT2D eigenvalue weighted by Gasteiger charge is 2.21. The van der Waals surface area contributed by atoms with E-state index in [0.717, 1.165) is 31.4 Å². The van der Waals surface area contributed by atoms with Crippen molar-refractivity contribution in [1.29, 1.82) is 0 Å². The smallest absolute Gasteiger partial charge is 0.271 e. The van der Waals surface area contributed by atoms with Crippen molar-refractivity contribution in [1.82, 2.24) is 14.7 Å². The number of hydrogen-bond donors (Lipinski definition) is 1. The molecule has 1 aliphatic rings. The quantitative estimate of drug-likeness (QED) is 0.784. The minimum Gasteiger partial charge on any atom is -0.348 e. The standard InChI is InChI=1S/C18H16FN3O2S/c19-13-6-2-1-5-11(13)9-20-16(23)12-10-21-18-22(17(12)24)14-7-3-4-8-15(14)25-18/h1-2,5-6,10H,3-4,7-9H2,(H,20,23). The van der Waals surface area contributed by atoms with Crippen molar-refractivity contribution < 1.29 is 9.18 Å². The second-order valence-corrected chi connectivity index (χ2v) is 7.11. The summed E-state index contributed by atoms with van der Waals surface area (Å²) in [7, 11) is 0. The van der Waals surface area contributed by atoms with Gasteiger partial charge in [-0.15, -0.1) is 11.3 Å². The average Bonchev–Trinajstić information content (AvgIpc) is 3.00. The molecule has 0 aliphatic heterocycles. The molecular weight excluding hydrogens is 341 g/mol.